The summed E-state index contributed by atoms with van der Waals surface area (Å²) in [7, 11) is 0. The maximum Gasteiger partial charge on any atom is 0.276 e. The molecule has 0 atom stereocenters. The number of benzene rings is 2. The molecule has 26 heavy (non-hydrogen) atoms. The molecule has 0 fully saturated rings. The minimum absolute atomic E-state index is 0.0273. The van der Waals surface area contributed by atoms with Gasteiger partial charge in [-0.15, -0.1) is 0 Å². The highest BCUT2D eigenvalue weighted by molar-refractivity contribution is 5.92. The van der Waals surface area contributed by atoms with Gasteiger partial charge in [-0.1, -0.05) is 30.3 Å². The van der Waals surface area contributed by atoms with Crippen molar-refractivity contribution in [3.63, 3.8) is 0 Å². The van der Waals surface area contributed by atoms with Gasteiger partial charge in [0.05, 0.1) is 0 Å². The number of hydrogen-bond acceptors (Lipinski definition) is 4. The van der Waals surface area contributed by atoms with Crippen LogP contribution in [0.3, 0.4) is 0 Å². The molecule has 0 radical (unpaired) electrons. The van der Waals surface area contributed by atoms with Crippen LogP contribution in [0.2, 0.25) is 0 Å². The second kappa shape index (κ2) is 7.00. The van der Waals surface area contributed by atoms with E-state index >= 15 is 0 Å². The van der Waals surface area contributed by atoms with Crippen molar-refractivity contribution in [2.24, 2.45) is 0 Å². The fourth-order valence-electron chi connectivity index (χ4n) is 3.01. The smallest absolute Gasteiger partial charge is 0.276 e. The van der Waals surface area contributed by atoms with Gasteiger partial charge in [0.15, 0.2) is 12.3 Å². The van der Waals surface area contributed by atoms with Gasteiger partial charge in [0, 0.05) is 19.2 Å². The Bertz CT molecular complexity index is 938. The van der Waals surface area contributed by atoms with E-state index in [2.05, 4.69) is 11.1 Å². The molecule has 0 aliphatic carbocycles. The quantitative estimate of drug-likeness (QED) is 0.720. The van der Waals surface area contributed by atoms with E-state index in [1.807, 2.05) is 18.2 Å². The molecule has 2 aromatic carbocycles. The number of hydrogen-bond donors (Lipinski definition) is 0. The van der Waals surface area contributed by atoms with Gasteiger partial charge in [0.2, 0.25) is 5.89 Å². The van der Waals surface area contributed by atoms with Crippen molar-refractivity contribution >= 4 is 5.91 Å². The molecule has 6 heteroatoms. The summed E-state index contributed by atoms with van der Waals surface area (Å²) in [6.07, 6.45) is 2.17. The Kier molecular flexibility index (Phi) is 4.39. The van der Waals surface area contributed by atoms with E-state index in [1.165, 1.54) is 24.0 Å². The molecule has 3 aromatic rings. The number of oxazole rings is 1. The van der Waals surface area contributed by atoms with Gasteiger partial charge in [-0.3, -0.25) is 4.79 Å². The molecule has 0 bridgehead atoms. The third-order valence-corrected chi connectivity index (χ3v) is 4.35. The maximum atomic E-state index is 13.1. The lowest BCUT2D eigenvalue weighted by Gasteiger charge is -2.28. The van der Waals surface area contributed by atoms with Crippen molar-refractivity contribution in [3.8, 4) is 5.75 Å². The van der Waals surface area contributed by atoms with Gasteiger partial charge in [0.1, 0.15) is 17.8 Å². The zero-order chi connectivity index (χ0) is 17.9. The van der Waals surface area contributed by atoms with Crippen molar-refractivity contribution in [2.45, 2.75) is 19.6 Å². The van der Waals surface area contributed by atoms with Crippen LogP contribution >= 0.6 is 0 Å². The van der Waals surface area contributed by atoms with E-state index in [9.17, 15) is 9.18 Å². The summed E-state index contributed by atoms with van der Waals surface area (Å²) in [6, 6.07) is 13.9. The summed E-state index contributed by atoms with van der Waals surface area (Å²) in [5.41, 5.74) is 2.69. The topological polar surface area (TPSA) is 55.6 Å². The molecule has 0 saturated carbocycles. The molecule has 1 aliphatic heterocycles. The van der Waals surface area contributed by atoms with Gasteiger partial charge in [-0.05, 0) is 29.7 Å². The minimum atomic E-state index is -0.379. The van der Waals surface area contributed by atoms with Crippen LogP contribution < -0.4 is 4.74 Å². The number of carbonyl (C=O) groups is 1. The SMILES string of the molecule is O=C(c1coc(COc2cccc(F)c2)n1)N1CCc2ccccc2C1. The van der Waals surface area contributed by atoms with Gasteiger partial charge in [-0.25, -0.2) is 9.37 Å². The average Bonchev–Trinajstić information content (AvgIpc) is 3.14. The van der Waals surface area contributed by atoms with Gasteiger partial charge in [0.25, 0.3) is 5.91 Å². The summed E-state index contributed by atoms with van der Waals surface area (Å²) in [5, 5.41) is 0. The highest BCUT2D eigenvalue weighted by Gasteiger charge is 2.24. The summed E-state index contributed by atoms with van der Waals surface area (Å²) in [6.45, 7) is 1.24. The van der Waals surface area contributed by atoms with Crippen LogP contribution in [0.25, 0.3) is 0 Å². The number of amides is 1. The lowest BCUT2D eigenvalue weighted by atomic mass is 10.00. The second-order valence-corrected chi connectivity index (χ2v) is 6.12. The number of aromatic nitrogens is 1. The number of rotatable bonds is 4. The van der Waals surface area contributed by atoms with Crippen LogP contribution in [-0.4, -0.2) is 22.3 Å². The van der Waals surface area contributed by atoms with E-state index in [4.69, 9.17) is 9.15 Å². The molecule has 1 amide bonds. The minimum Gasteiger partial charge on any atom is -0.484 e. The van der Waals surface area contributed by atoms with Crippen molar-refractivity contribution in [1.82, 2.24) is 9.88 Å². The van der Waals surface area contributed by atoms with Crippen LogP contribution in [-0.2, 0) is 19.6 Å². The number of ether oxygens (including phenoxy) is 1. The monoisotopic (exact) mass is 352 g/mol. The normalized spacial score (nSPS) is 13.3. The summed E-state index contributed by atoms with van der Waals surface area (Å²) in [5.74, 6) is 0.107. The van der Waals surface area contributed by atoms with Crippen LogP contribution in [0, 0.1) is 5.82 Å². The van der Waals surface area contributed by atoms with Crippen molar-refractivity contribution in [1.29, 1.82) is 0 Å². The van der Waals surface area contributed by atoms with Crippen LogP contribution in [0.5, 0.6) is 5.75 Å². The first-order valence-electron chi connectivity index (χ1n) is 8.38. The molecule has 1 aromatic heterocycles. The third-order valence-electron chi connectivity index (χ3n) is 4.35. The molecule has 0 saturated heterocycles. The fraction of sp³-hybridized carbons (Fsp3) is 0.200. The molecule has 5 nitrogen and oxygen atoms in total. The molecule has 2 heterocycles. The summed E-state index contributed by atoms with van der Waals surface area (Å²) >= 11 is 0. The molecular formula is C20H17FN2O3. The Labute approximate surface area is 150 Å². The van der Waals surface area contributed by atoms with E-state index in [1.54, 1.807) is 17.0 Å². The number of carbonyl (C=O) groups excluding carboxylic acids is 1. The predicted octanol–water partition coefficient (Wildman–Crippen LogP) is 3.59. The number of halogens is 1. The lowest BCUT2D eigenvalue weighted by Crippen LogP contribution is -2.36. The predicted molar refractivity (Wildman–Crippen MR) is 92.1 cm³/mol. The highest BCUT2D eigenvalue weighted by atomic mass is 19.1. The molecule has 4 rings (SSSR count). The Morgan fingerprint density at radius 2 is 2.04 bits per heavy atom. The first-order chi connectivity index (χ1) is 12.7. The average molecular weight is 352 g/mol. The van der Waals surface area contributed by atoms with Gasteiger partial charge in [-0.2, -0.15) is 0 Å². The molecule has 0 unspecified atom stereocenters. The van der Waals surface area contributed by atoms with E-state index in [0.717, 1.165) is 12.0 Å². The van der Waals surface area contributed by atoms with Crippen LogP contribution in [0.4, 0.5) is 4.39 Å². The van der Waals surface area contributed by atoms with Crippen LogP contribution in [0.1, 0.15) is 27.5 Å². The zero-order valence-electron chi connectivity index (χ0n) is 14.0. The molecule has 1 aliphatic rings. The highest BCUT2D eigenvalue weighted by Crippen LogP contribution is 2.20. The summed E-state index contributed by atoms with van der Waals surface area (Å²) < 4.78 is 23.9. The Balaban J connectivity index is 1.40. The van der Waals surface area contributed by atoms with Crippen LogP contribution in [0.15, 0.2) is 59.2 Å². The Morgan fingerprint density at radius 1 is 1.19 bits per heavy atom. The second-order valence-electron chi connectivity index (χ2n) is 6.12. The maximum absolute atomic E-state index is 13.1. The van der Waals surface area contributed by atoms with Crippen molar-refractivity contribution in [3.05, 3.63) is 83.3 Å². The van der Waals surface area contributed by atoms with Gasteiger partial charge < -0.3 is 14.1 Å². The molecule has 132 valence electrons. The first kappa shape index (κ1) is 16.3. The summed E-state index contributed by atoms with van der Waals surface area (Å²) in [4.78, 5) is 18.6. The van der Waals surface area contributed by atoms with Crippen molar-refractivity contribution < 1.29 is 18.3 Å². The number of fused-ring (bicyclic) bond motifs is 1. The Hall–Kier alpha value is -3.15. The first-order valence-corrected chi connectivity index (χ1v) is 8.38. The van der Waals surface area contributed by atoms with E-state index < -0.39 is 0 Å². The van der Waals surface area contributed by atoms with Crippen molar-refractivity contribution in [2.75, 3.05) is 6.54 Å². The lowest BCUT2D eigenvalue weighted by molar-refractivity contribution is 0.0728. The zero-order valence-corrected chi connectivity index (χ0v) is 14.0. The largest absolute Gasteiger partial charge is 0.484 e. The van der Waals surface area contributed by atoms with Gasteiger partial charge >= 0.3 is 0 Å². The molecular weight excluding hydrogens is 335 g/mol. The molecule has 0 N–H and O–H groups in total. The van der Waals surface area contributed by atoms with E-state index in [-0.39, 0.29) is 29.9 Å². The van der Waals surface area contributed by atoms with E-state index in [0.29, 0.717) is 18.8 Å². The molecule has 0 spiro atoms. The third kappa shape index (κ3) is 3.44. The fourth-order valence-corrected chi connectivity index (χ4v) is 3.01. The standard InChI is InChI=1S/C20H17FN2O3/c21-16-6-3-7-17(10-16)25-13-19-22-18(12-26-19)20(24)23-9-8-14-4-1-2-5-15(14)11-23/h1-7,10,12H,8-9,11,13H2. The number of nitrogens with zero attached hydrogens (tertiary/aromatic N) is 2. The Morgan fingerprint density at radius 3 is 2.88 bits per heavy atom.